The first-order valence-electron chi connectivity index (χ1n) is 6.19. The van der Waals surface area contributed by atoms with Gasteiger partial charge in [-0.25, -0.2) is 4.79 Å². The fraction of sp³-hybridized carbons (Fsp3) is 0.286. The Morgan fingerprint density at radius 1 is 1.14 bits per heavy atom. The van der Waals surface area contributed by atoms with Crippen molar-refractivity contribution in [1.82, 2.24) is 0 Å². The number of carboxylic acid groups (broad SMARTS) is 1. The van der Waals surface area contributed by atoms with Crippen molar-refractivity contribution >= 4 is 17.6 Å². The number of benzene rings is 1. The summed E-state index contributed by atoms with van der Waals surface area (Å²) in [4.78, 5) is 22.8. The maximum absolute atomic E-state index is 12.7. The van der Waals surface area contributed by atoms with Crippen LogP contribution in [0.5, 0.6) is 0 Å². The van der Waals surface area contributed by atoms with Crippen LogP contribution in [-0.2, 0) is 11.0 Å². The first-order valence-corrected chi connectivity index (χ1v) is 6.19. The summed E-state index contributed by atoms with van der Waals surface area (Å²) in [6.45, 7) is 0. The minimum Gasteiger partial charge on any atom is -0.478 e. The highest BCUT2D eigenvalue weighted by Crippen LogP contribution is 2.32. The maximum Gasteiger partial charge on any atom is 0.416 e. The second-order valence-corrected chi connectivity index (χ2v) is 4.73. The minimum absolute atomic E-state index is 0.167. The third-order valence-electron chi connectivity index (χ3n) is 3.15. The van der Waals surface area contributed by atoms with E-state index >= 15 is 0 Å². The number of amides is 1. The Balaban J connectivity index is 2.27. The smallest absolute Gasteiger partial charge is 0.416 e. The second kappa shape index (κ2) is 5.59. The molecule has 0 saturated heterocycles. The fourth-order valence-corrected chi connectivity index (χ4v) is 2.06. The molecule has 0 aliphatic heterocycles. The zero-order chi connectivity index (χ0) is 15.6. The predicted octanol–water partition coefficient (Wildman–Crippen LogP) is 3.31. The van der Waals surface area contributed by atoms with Crippen LogP contribution in [0.25, 0.3) is 0 Å². The lowest BCUT2D eigenvalue weighted by Gasteiger charge is -2.14. The molecule has 0 fully saturated rings. The molecular formula is C14H12F3NO3. The van der Waals surface area contributed by atoms with Gasteiger partial charge in [0, 0.05) is 11.6 Å². The van der Waals surface area contributed by atoms with Gasteiger partial charge in [0.1, 0.15) is 0 Å². The van der Waals surface area contributed by atoms with Crippen LogP contribution in [0.2, 0.25) is 0 Å². The molecule has 21 heavy (non-hydrogen) atoms. The van der Waals surface area contributed by atoms with E-state index in [0.29, 0.717) is 18.9 Å². The lowest BCUT2D eigenvalue weighted by Crippen LogP contribution is -2.21. The molecule has 1 amide bonds. The largest absolute Gasteiger partial charge is 0.478 e. The molecule has 1 aromatic rings. The molecule has 1 aliphatic rings. The Morgan fingerprint density at radius 3 is 2.29 bits per heavy atom. The summed E-state index contributed by atoms with van der Waals surface area (Å²) in [5.41, 5.74) is -1.80. The summed E-state index contributed by atoms with van der Waals surface area (Å²) >= 11 is 0. The predicted molar refractivity (Wildman–Crippen MR) is 68.9 cm³/mol. The van der Waals surface area contributed by atoms with Crippen LogP contribution in [0.1, 0.15) is 28.8 Å². The van der Waals surface area contributed by atoms with Crippen LogP contribution >= 0.6 is 0 Å². The highest BCUT2D eigenvalue weighted by Gasteiger charge is 2.32. The number of carboxylic acids is 1. The Labute approximate surface area is 118 Å². The molecule has 2 N–H and O–H groups in total. The third-order valence-corrected chi connectivity index (χ3v) is 3.15. The molecule has 2 rings (SSSR count). The van der Waals surface area contributed by atoms with E-state index in [4.69, 9.17) is 5.11 Å². The molecule has 1 aliphatic carbocycles. The number of hydrogen-bond donors (Lipinski definition) is 2. The SMILES string of the molecule is O=C(O)c1cc(NC(=O)C2CC=CC2)cc(C(F)(F)F)c1. The van der Waals surface area contributed by atoms with Crippen molar-refractivity contribution in [3.8, 4) is 0 Å². The number of halogens is 3. The summed E-state index contributed by atoms with van der Waals surface area (Å²) in [7, 11) is 0. The van der Waals surface area contributed by atoms with Crippen molar-refractivity contribution in [2.24, 2.45) is 5.92 Å². The highest BCUT2D eigenvalue weighted by molar-refractivity contribution is 5.95. The first-order chi connectivity index (χ1) is 9.77. The lowest BCUT2D eigenvalue weighted by molar-refractivity contribution is -0.137. The first kappa shape index (κ1) is 15.1. The van der Waals surface area contributed by atoms with Gasteiger partial charge in [0.15, 0.2) is 0 Å². The standard InChI is InChI=1S/C14H12F3NO3/c15-14(16,17)10-5-9(13(20)21)6-11(7-10)18-12(19)8-3-1-2-4-8/h1-2,5-8H,3-4H2,(H,18,19)(H,20,21). The van der Waals surface area contributed by atoms with E-state index < -0.39 is 29.2 Å². The monoisotopic (exact) mass is 299 g/mol. The quantitative estimate of drug-likeness (QED) is 0.841. The number of carbonyl (C=O) groups is 2. The van der Waals surface area contributed by atoms with Crippen LogP contribution < -0.4 is 5.32 Å². The average Bonchev–Trinajstić information content (AvgIpc) is 2.91. The Hall–Kier alpha value is -2.31. The molecule has 0 aromatic heterocycles. The van der Waals surface area contributed by atoms with Gasteiger partial charge in [-0.05, 0) is 31.0 Å². The molecule has 0 spiro atoms. The van der Waals surface area contributed by atoms with Crippen molar-refractivity contribution in [2.75, 3.05) is 5.32 Å². The molecule has 112 valence electrons. The number of nitrogens with one attached hydrogen (secondary N) is 1. The van der Waals surface area contributed by atoms with Gasteiger partial charge in [-0.3, -0.25) is 4.79 Å². The number of allylic oxidation sites excluding steroid dienone is 2. The van der Waals surface area contributed by atoms with E-state index in [1.165, 1.54) is 0 Å². The van der Waals surface area contributed by atoms with E-state index in [2.05, 4.69) is 5.32 Å². The van der Waals surface area contributed by atoms with Gasteiger partial charge in [0.05, 0.1) is 11.1 Å². The highest BCUT2D eigenvalue weighted by atomic mass is 19.4. The Morgan fingerprint density at radius 2 is 1.76 bits per heavy atom. The molecule has 7 heteroatoms. The maximum atomic E-state index is 12.7. The van der Waals surface area contributed by atoms with Crippen LogP contribution in [0.4, 0.5) is 18.9 Å². The number of hydrogen-bond acceptors (Lipinski definition) is 2. The number of alkyl halides is 3. The summed E-state index contributed by atoms with van der Waals surface area (Å²) in [5.74, 6) is -2.23. The molecule has 4 nitrogen and oxygen atoms in total. The van der Waals surface area contributed by atoms with E-state index in [0.717, 1.165) is 12.1 Å². The third kappa shape index (κ3) is 3.62. The molecule has 1 aromatic carbocycles. The van der Waals surface area contributed by atoms with Crippen molar-refractivity contribution in [2.45, 2.75) is 19.0 Å². The summed E-state index contributed by atoms with van der Waals surface area (Å²) < 4.78 is 38.2. The van der Waals surface area contributed by atoms with Crippen LogP contribution in [0.15, 0.2) is 30.4 Å². The van der Waals surface area contributed by atoms with Crippen LogP contribution in [0, 0.1) is 5.92 Å². The number of carbonyl (C=O) groups excluding carboxylic acids is 1. The zero-order valence-electron chi connectivity index (χ0n) is 10.8. The molecular weight excluding hydrogens is 287 g/mol. The number of anilines is 1. The van der Waals surface area contributed by atoms with Gasteiger partial charge in [-0.15, -0.1) is 0 Å². The van der Waals surface area contributed by atoms with E-state index in [1.807, 2.05) is 12.2 Å². The van der Waals surface area contributed by atoms with Gasteiger partial charge in [-0.1, -0.05) is 12.2 Å². The van der Waals surface area contributed by atoms with E-state index in [9.17, 15) is 22.8 Å². The number of aromatic carboxylic acids is 1. The molecule has 0 unspecified atom stereocenters. The van der Waals surface area contributed by atoms with E-state index in [1.54, 1.807) is 0 Å². The van der Waals surface area contributed by atoms with Crippen LogP contribution in [-0.4, -0.2) is 17.0 Å². The Bertz CT molecular complexity index is 600. The van der Waals surface area contributed by atoms with Crippen LogP contribution in [0.3, 0.4) is 0 Å². The Kier molecular flexibility index (Phi) is 4.02. The number of rotatable bonds is 3. The molecule has 0 radical (unpaired) electrons. The fourth-order valence-electron chi connectivity index (χ4n) is 2.06. The van der Waals surface area contributed by atoms with Gasteiger partial charge in [0.25, 0.3) is 0 Å². The van der Waals surface area contributed by atoms with Gasteiger partial charge >= 0.3 is 12.1 Å². The van der Waals surface area contributed by atoms with Gasteiger partial charge < -0.3 is 10.4 Å². The van der Waals surface area contributed by atoms with Gasteiger partial charge in [-0.2, -0.15) is 13.2 Å². The zero-order valence-corrected chi connectivity index (χ0v) is 10.8. The summed E-state index contributed by atoms with van der Waals surface area (Å²) in [6, 6.07) is 2.28. The van der Waals surface area contributed by atoms with Crippen molar-refractivity contribution in [3.63, 3.8) is 0 Å². The van der Waals surface area contributed by atoms with Crippen molar-refractivity contribution < 1.29 is 27.9 Å². The average molecular weight is 299 g/mol. The lowest BCUT2D eigenvalue weighted by atomic mass is 10.1. The van der Waals surface area contributed by atoms with E-state index in [-0.39, 0.29) is 11.6 Å². The van der Waals surface area contributed by atoms with Gasteiger partial charge in [0.2, 0.25) is 5.91 Å². The molecule has 0 saturated carbocycles. The second-order valence-electron chi connectivity index (χ2n) is 4.73. The molecule has 0 heterocycles. The van der Waals surface area contributed by atoms with Crippen molar-refractivity contribution in [3.05, 3.63) is 41.5 Å². The molecule has 0 bridgehead atoms. The van der Waals surface area contributed by atoms with Crippen molar-refractivity contribution in [1.29, 1.82) is 0 Å². The summed E-state index contributed by atoms with van der Waals surface area (Å²) in [5, 5.41) is 11.2. The topological polar surface area (TPSA) is 66.4 Å². The minimum atomic E-state index is -4.68. The summed E-state index contributed by atoms with van der Waals surface area (Å²) in [6.07, 6.45) is 0.00510. The normalized spacial score (nSPS) is 15.2. The molecule has 0 atom stereocenters.